The molecule has 3 heterocycles. The number of hydrogen-bond donors (Lipinski definition) is 2. The smallest absolute Gasteiger partial charge is 0.240 e. The molecular weight excluding hydrogens is 284 g/mol. The minimum atomic E-state index is 0.409. The van der Waals surface area contributed by atoms with Crippen molar-refractivity contribution in [3.05, 3.63) is 27.9 Å². The summed E-state index contributed by atoms with van der Waals surface area (Å²) in [6.07, 6.45) is 0.974. The van der Waals surface area contributed by atoms with Crippen LogP contribution >= 0.6 is 11.3 Å². The predicted molar refractivity (Wildman–Crippen MR) is 85.9 cm³/mol. The van der Waals surface area contributed by atoms with Gasteiger partial charge in [0.1, 0.15) is 4.83 Å². The fraction of sp³-hybridized carbons (Fsp3) is 0.357. The van der Waals surface area contributed by atoms with Crippen LogP contribution in [-0.2, 0) is 6.42 Å². The van der Waals surface area contributed by atoms with Gasteiger partial charge in [-0.2, -0.15) is 10.1 Å². The lowest BCUT2D eigenvalue weighted by atomic mass is 10.2. The van der Waals surface area contributed by atoms with E-state index in [1.54, 1.807) is 11.3 Å². The molecule has 110 valence electrons. The number of anilines is 1. The Balaban J connectivity index is 2.33. The minimum Gasteiger partial charge on any atom is -0.292 e. The van der Waals surface area contributed by atoms with Crippen LogP contribution in [-0.4, -0.2) is 19.7 Å². The van der Waals surface area contributed by atoms with E-state index in [-0.39, 0.29) is 0 Å². The molecule has 0 bridgehead atoms. The third kappa shape index (κ3) is 2.18. The third-order valence-corrected chi connectivity index (χ3v) is 4.93. The Kier molecular flexibility index (Phi) is 3.38. The van der Waals surface area contributed by atoms with Gasteiger partial charge in [-0.05, 0) is 38.8 Å². The van der Waals surface area contributed by atoms with Crippen molar-refractivity contribution in [1.82, 2.24) is 19.7 Å². The van der Waals surface area contributed by atoms with Gasteiger partial charge in [0.05, 0.1) is 11.1 Å². The SMILES string of the molecule is CCc1cc2c(-n3nc(C)c(C)c3C)nc(NN)nc2s1. The molecule has 3 aromatic heterocycles. The van der Waals surface area contributed by atoms with Crippen LogP contribution in [0.15, 0.2) is 6.07 Å². The minimum absolute atomic E-state index is 0.409. The maximum absolute atomic E-state index is 5.50. The molecular formula is C14H18N6S. The normalized spacial score (nSPS) is 11.3. The summed E-state index contributed by atoms with van der Waals surface area (Å²) in [6, 6.07) is 2.14. The van der Waals surface area contributed by atoms with Crippen LogP contribution in [0.25, 0.3) is 16.0 Å². The number of aromatic nitrogens is 4. The Hall–Kier alpha value is -1.99. The summed E-state index contributed by atoms with van der Waals surface area (Å²) in [5.74, 6) is 6.69. The largest absolute Gasteiger partial charge is 0.292 e. The predicted octanol–water partition coefficient (Wildman–Crippen LogP) is 2.65. The summed E-state index contributed by atoms with van der Waals surface area (Å²) >= 11 is 1.66. The number of nitrogens with one attached hydrogen (secondary N) is 1. The van der Waals surface area contributed by atoms with E-state index in [4.69, 9.17) is 5.84 Å². The van der Waals surface area contributed by atoms with Gasteiger partial charge in [-0.1, -0.05) is 6.92 Å². The van der Waals surface area contributed by atoms with Gasteiger partial charge in [-0.25, -0.2) is 15.5 Å². The number of nitrogen functional groups attached to an aromatic ring is 1. The zero-order chi connectivity index (χ0) is 15.1. The molecule has 0 radical (unpaired) electrons. The average Bonchev–Trinajstić information content (AvgIpc) is 3.02. The van der Waals surface area contributed by atoms with Crippen molar-refractivity contribution in [3.8, 4) is 5.82 Å². The second-order valence-electron chi connectivity index (χ2n) is 5.01. The first kappa shape index (κ1) is 14.0. The van der Waals surface area contributed by atoms with E-state index in [9.17, 15) is 0 Å². The summed E-state index contributed by atoms with van der Waals surface area (Å²) in [5, 5.41) is 5.62. The molecule has 0 unspecified atom stereocenters. The molecule has 0 atom stereocenters. The summed E-state index contributed by atoms with van der Waals surface area (Å²) in [6.45, 7) is 8.25. The number of thiophene rings is 1. The summed E-state index contributed by atoms with van der Waals surface area (Å²) in [4.78, 5) is 11.1. The number of aryl methyl sites for hydroxylation is 2. The van der Waals surface area contributed by atoms with Crippen molar-refractivity contribution in [2.75, 3.05) is 5.43 Å². The molecule has 0 spiro atoms. The molecule has 0 fully saturated rings. The first-order valence-electron chi connectivity index (χ1n) is 6.85. The Labute approximate surface area is 127 Å². The molecule has 6 nitrogen and oxygen atoms in total. The van der Waals surface area contributed by atoms with Gasteiger partial charge in [0, 0.05) is 10.6 Å². The molecule has 0 saturated heterocycles. The zero-order valence-electron chi connectivity index (χ0n) is 12.6. The molecule has 3 N–H and O–H groups in total. The van der Waals surface area contributed by atoms with Crippen LogP contribution in [0.5, 0.6) is 0 Å². The molecule has 7 heteroatoms. The number of nitrogens with two attached hydrogens (primary N) is 1. The highest BCUT2D eigenvalue weighted by Crippen LogP contribution is 2.30. The summed E-state index contributed by atoms with van der Waals surface area (Å²) in [7, 11) is 0. The lowest BCUT2D eigenvalue weighted by Crippen LogP contribution is -2.13. The van der Waals surface area contributed by atoms with Crippen LogP contribution in [0.1, 0.15) is 28.8 Å². The second kappa shape index (κ2) is 5.09. The van der Waals surface area contributed by atoms with Crippen molar-refractivity contribution in [3.63, 3.8) is 0 Å². The average molecular weight is 302 g/mol. The number of fused-ring (bicyclic) bond motifs is 1. The first-order chi connectivity index (χ1) is 10.0. The summed E-state index contributed by atoms with van der Waals surface area (Å²) in [5.41, 5.74) is 5.81. The fourth-order valence-electron chi connectivity index (χ4n) is 2.28. The maximum atomic E-state index is 5.50. The summed E-state index contributed by atoms with van der Waals surface area (Å²) < 4.78 is 1.88. The third-order valence-electron chi connectivity index (χ3n) is 3.75. The molecule has 3 aromatic rings. The van der Waals surface area contributed by atoms with Crippen LogP contribution in [0, 0.1) is 20.8 Å². The van der Waals surface area contributed by atoms with Gasteiger partial charge >= 0.3 is 0 Å². The van der Waals surface area contributed by atoms with E-state index < -0.39 is 0 Å². The monoisotopic (exact) mass is 302 g/mol. The molecule has 0 aliphatic heterocycles. The van der Waals surface area contributed by atoms with Gasteiger partial charge in [0.15, 0.2) is 5.82 Å². The quantitative estimate of drug-likeness (QED) is 0.574. The zero-order valence-corrected chi connectivity index (χ0v) is 13.4. The number of hydrazine groups is 1. The van der Waals surface area contributed by atoms with Gasteiger partial charge in [0.2, 0.25) is 5.95 Å². The molecule has 0 saturated carbocycles. The van der Waals surface area contributed by atoms with E-state index >= 15 is 0 Å². The van der Waals surface area contributed by atoms with Crippen LogP contribution in [0.3, 0.4) is 0 Å². The number of rotatable bonds is 3. The highest BCUT2D eigenvalue weighted by molar-refractivity contribution is 7.18. The van der Waals surface area contributed by atoms with Crippen LogP contribution in [0.2, 0.25) is 0 Å². The molecule has 3 rings (SSSR count). The van der Waals surface area contributed by atoms with Crippen molar-refractivity contribution < 1.29 is 0 Å². The van der Waals surface area contributed by atoms with E-state index in [0.717, 1.165) is 33.8 Å². The Morgan fingerprint density at radius 1 is 1.29 bits per heavy atom. The van der Waals surface area contributed by atoms with Gasteiger partial charge in [-0.3, -0.25) is 5.43 Å². The topological polar surface area (TPSA) is 81.7 Å². The van der Waals surface area contributed by atoms with Crippen molar-refractivity contribution in [1.29, 1.82) is 0 Å². The lowest BCUT2D eigenvalue weighted by molar-refractivity contribution is 0.810. The van der Waals surface area contributed by atoms with Crippen molar-refractivity contribution in [2.24, 2.45) is 5.84 Å². The Morgan fingerprint density at radius 2 is 2.05 bits per heavy atom. The van der Waals surface area contributed by atoms with Crippen LogP contribution in [0.4, 0.5) is 5.95 Å². The Morgan fingerprint density at radius 3 is 2.62 bits per heavy atom. The molecule has 21 heavy (non-hydrogen) atoms. The van der Waals surface area contributed by atoms with E-state index in [0.29, 0.717) is 5.95 Å². The van der Waals surface area contributed by atoms with Crippen LogP contribution < -0.4 is 11.3 Å². The second-order valence-corrected chi connectivity index (χ2v) is 6.12. The maximum Gasteiger partial charge on any atom is 0.240 e. The molecule has 0 aliphatic carbocycles. The fourth-order valence-corrected chi connectivity index (χ4v) is 3.25. The van der Waals surface area contributed by atoms with Gasteiger partial charge in [-0.15, -0.1) is 11.3 Å². The highest BCUT2D eigenvalue weighted by Gasteiger charge is 2.16. The van der Waals surface area contributed by atoms with Crippen molar-refractivity contribution >= 4 is 27.5 Å². The van der Waals surface area contributed by atoms with Gasteiger partial charge in [0.25, 0.3) is 0 Å². The Bertz CT molecular complexity index is 817. The number of nitrogens with zero attached hydrogens (tertiary/aromatic N) is 4. The molecule has 0 aliphatic rings. The lowest BCUT2D eigenvalue weighted by Gasteiger charge is -2.07. The number of hydrogen-bond acceptors (Lipinski definition) is 6. The molecule has 0 aromatic carbocycles. The standard InChI is InChI=1S/C14H18N6S/c1-5-10-6-11-12(16-14(18-15)17-13(11)21-10)20-9(4)7(2)8(3)19-20/h6H,5,15H2,1-4H3,(H,16,17,18). The highest BCUT2D eigenvalue weighted by atomic mass is 32.1. The molecule has 0 amide bonds. The van der Waals surface area contributed by atoms with E-state index in [1.807, 2.05) is 18.5 Å². The first-order valence-corrected chi connectivity index (χ1v) is 7.67. The van der Waals surface area contributed by atoms with Crippen molar-refractivity contribution in [2.45, 2.75) is 34.1 Å². The van der Waals surface area contributed by atoms with E-state index in [1.165, 1.54) is 10.4 Å². The van der Waals surface area contributed by atoms with E-state index in [2.05, 4.69) is 40.4 Å². The van der Waals surface area contributed by atoms with Gasteiger partial charge < -0.3 is 0 Å².